The fourth-order valence-electron chi connectivity index (χ4n) is 2.76. The Hall–Kier alpha value is -2.91. The summed E-state index contributed by atoms with van der Waals surface area (Å²) in [6.45, 7) is 8.09. The van der Waals surface area contributed by atoms with Gasteiger partial charge >= 0.3 is 0 Å². The molecule has 0 saturated carbocycles. The van der Waals surface area contributed by atoms with Crippen molar-refractivity contribution in [2.24, 2.45) is 0 Å². The predicted molar refractivity (Wildman–Crippen MR) is 112 cm³/mol. The van der Waals surface area contributed by atoms with Crippen LogP contribution < -0.4 is 5.32 Å². The minimum Gasteiger partial charge on any atom is -0.387 e. The summed E-state index contributed by atoms with van der Waals surface area (Å²) in [7, 11) is 0. The summed E-state index contributed by atoms with van der Waals surface area (Å²) in [6.07, 6.45) is 2.12. The Bertz CT molecular complexity index is 1030. The monoisotopic (exact) mass is 414 g/mol. The van der Waals surface area contributed by atoms with Crippen molar-refractivity contribution in [2.75, 3.05) is 5.32 Å². The molecule has 0 aliphatic heterocycles. The van der Waals surface area contributed by atoms with Gasteiger partial charge in [0.05, 0.1) is 24.0 Å². The molecular weight excluding hydrogens is 387 g/mol. The van der Waals surface area contributed by atoms with Crippen LogP contribution in [0.25, 0.3) is 11.4 Å². The predicted octanol–water partition coefficient (Wildman–Crippen LogP) is 3.34. The Morgan fingerprint density at radius 1 is 1.13 bits per heavy atom. The van der Waals surface area contributed by atoms with E-state index in [4.69, 9.17) is 0 Å². The molecule has 0 saturated heterocycles. The number of hydrogen-bond donors (Lipinski definition) is 3. The van der Waals surface area contributed by atoms with Gasteiger partial charge in [-0.1, -0.05) is 5.21 Å². The van der Waals surface area contributed by atoms with Crippen molar-refractivity contribution in [1.29, 1.82) is 0 Å². The molecule has 2 atom stereocenters. The second-order valence-electron chi connectivity index (χ2n) is 8.26. The Kier molecular flexibility index (Phi) is 5.87. The van der Waals surface area contributed by atoms with Crippen molar-refractivity contribution in [3.8, 4) is 11.4 Å². The van der Waals surface area contributed by atoms with Gasteiger partial charge in [-0.3, -0.25) is 0 Å². The summed E-state index contributed by atoms with van der Waals surface area (Å²) in [6, 6.07) is 6.98. The standard InChI is InChI=1S/C21H27FN6O2/c1-13-8-16(17-11-28(27-26-17)12-21(5,30)20(3,4)29)24-19(9-13)25-18-10-15(14(2)22)6-7-23-18/h6-11,14,29-30H,12H2,1-5H3,(H,23,24,25)/t14-,21?/m1/s1. The topological polar surface area (TPSA) is 109 Å². The molecule has 9 heteroatoms. The first-order valence-electron chi connectivity index (χ1n) is 9.65. The number of pyridine rings is 2. The first-order valence-corrected chi connectivity index (χ1v) is 9.65. The van der Waals surface area contributed by atoms with E-state index >= 15 is 0 Å². The van der Waals surface area contributed by atoms with Crippen molar-refractivity contribution < 1.29 is 14.6 Å². The van der Waals surface area contributed by atoms with Gasteiger partial charge in [0.1, 0.15) is 29.1 Å². The maximum Gasteiger partial charge on any atom is 0.132 e. The molecule has 0 bridgehead atoms. The van der Waals surface area contributed by atoms with E-state index in [-0.39, 0.29) is 6.54 Å². The number of nitrogens with one attached hydrogen (secondary N) is 1. The molecule has 0 fully saturated rings. The van der Waals surface area contributed by atoms with Crippen LogP contribution in [0, 0.1) is 6.92 Å². The number of alkyl halides is 1. The summed E-state index contributed by atoms with van der Waals surface area (Å²) in [4.78, 5) is 8.77. The van der Waals surface area contributed by atoms with E-state index in [9.17, 15) is 14.6 Å². The average molecular weight is 414 g/mol. The highest BCUT2D eigenvalue weighted by Crippen LogP contribution is 2.25. The SMILES string of the molecule is Cc1cc(Nc2cc([C@@H](C)F)ccn2)nc(-c2cn(CC(C)(O)C(C)(C)O)nn2)c1. The van der Waals surface area contributed by atoms with E-state index in [1.54, 1.807) is 31.5 Å². The first kappa shape index (κ1) is 21.8. The maximum absolute atomic E-state index is 13.6. The molecule has 0 aromatic carbocycles. The first-order chi connectivity index (χ1) is 13.9. The molecular formula is C21H27FN6O2. The number of rotatable bonds is 7. The Balaban J connectivity index is 1.84. The van der Waals surface area contributed by atoms with Gasteiger partial charge in [-0.15, -0.1) is 5.10 Å². The van der Waals surface area contributed by atoms with E-state index in [0.29, 0.717) is 28.6 Å². The van der Waals surface area contributed by atoms with E-state index in [0.717, 1.165) is 5.56 Å². The number of halogens is 1. The molecule has 8 nitrogen and oxygen atoms in total. The van der Waals surface area contributed by atoms with Crippen LogP contribution in [0.1, 0.15) is 45.0 Å². The molecule has 0 radical (unpaired) electrons. The summed E-state index contributed by atoms with van der Waals surface area (Å²) in [5, 5.41) is 31.9. The Morgan fingerprint density at radius 3 is 2.53 bits per heavy atom. The lowest BCUT2D eigenvalue weighted by molar-refractivity contribution is -0.129. The molecule has 0 aliphatic rings. The molecule has 0 spiro atoms. The van der Waals surface area contributed by atoms with Gasteiger partial charge < -0.3 is 15.5 Å². The molecule has 30 heavy (non-hydrogen) atoms. The number of aliphatic hydroxyl groups is 2. The molecule has 3 heterocycles. The third-order valence-corrected chi connectivity index (χ3v) is 5.06. The van der Waals surface area contributed by atoms with E-state index in [2.05, 4.69) is 25.6 Å². The lowest BCUT2D eigenvalue weighted by Crippen LogP contribution is -2.50. The van der Waals surface area contributed by atoms with Crippen LogP contribution in [-0.4, -0.2) is 46.4 Å². The highest BCUT2D eigenvalue weighted by Gasteiger charge is 2.38. The zero-order valence-corrected chi connectivity index (χ0v) is 17.8. The fraction of sp³-hybridized carbons (Fsp3) is 0.429. The highest BCUT2D eigenvalue weighted by molar-refractivity contribution is 5.61. The van der Waals surface area contributed by atoms with Gasteiger partial charge in [0.15, 0.2) is 0 Å². The third kappa shape index (κ3) is 4.98. The van der Waals surface area contributed by atoms with Gasteiger partial charge in [0.2, 0.25) is 0 Å². The largest absolute Gasteiger partial charge is 0.387 e. The number of hydrogen-bond acceptors (Lipinski definition) is 7. The van der Waals surface area contributed by atoms with Crippen LogP contribution in [-0.2, 0) is 6.54 Å². The summed E-state index contributed by atoms with van der Waals surface area (Å²) in [5.41, 5.74) is -0.127. The van der Waals surface area contributed by atoms with Crippen molar-refractivity contribution in [3.63, 3.8) is 0 Å². The maximum atomic E-state index is 13.6. The van der Waals surface area contributed by atoms with Crippen LogP contribution in [0.3, 0.4) is 0 Å². The molecule has 3 rings (SSSR count). The number of aryl methyl sites for hydroxylation is 1. The van der Waals surface area contributed by atoms with E-state index in [1.807, 2.05) is 19.1 Å². The Labute approximate surface area is 174 Å². The van der Waals surface area contributed by atoms with Crippen molar-refractivity contribution in [3.05, 3.63) is 47.8 Å². The lowest BCUT2D eigenvalue weighted by Gasteiger charge is -2.35. The molecule has 1 unspecified atom stereocenters. The van der Waals surface area contributed by atoms with Crippen LogP contribution >= 0.6 is 0 Å². The molecule has 0 aliphatic carbocycles. The second kappa shape index (κ2) is 8.08. The van der Waals surface area contributed by atoms with E-state index in [1.165, 1.54) is 25.5 Å². The molecule has 3 N–H and O–H groups in total. The molecule has 0 amide bonds. The number of aromatic nitrogens is 5. The summed E-state index contributed by atoms with van der Waals surface area (Å²) < 4.78 is 15.0. The quantitative estimate of drug-likeness (QED) is 0.544. The average Bonchev–Trinajstić information content (AvgIpc) is 3.08. The minimum atomic E-state index is -1.39. The van der Waals surface area contributed by atoms with Crippen LogP contribution in [0.15, 0.2) is 36.7 Å². The van der Waals surface area contributed by atoms with Gasteiger partial charge in [0.25, 0.3) is 0 Å². The smallest absolute Gasteiger partial charge is 0.132 e. The third-order valence-electron chi connectivity index (χ3n) is 5.06. The van der Waals surface area contributed by atoms with Crippen LogP contribution in [0.5, 0.6) is 0 Å². The fourth-order valence-corrected chi connectivity index (χ4v) is 2.76. The summed E-state index contributed by atoms with van der Waals surface area (Å²) in [5.74, 6) is 1.03. The lowest BCUT2D eigenvalue weighted by atomic mass is 9.88. The zero-order valence-electron chi connectivity index (χ0n) is 17.8. The number of anilines is 2. The molecule has 160 valence electrons. The van der Waals surface area contributed by atoms with Crippen LogP contribution in [0.2, 0.25) is 0 Å². The van der Waals surface area contributed by atoms with Gasteiger partial charge in [-0.25, -0.2) is 19.0 Å². The van der Waals surface area contributed by atoms with Crippen molar-refractivity contribution in [1.82, 2.24) is 25.0 Å². The molecule has 3 aromatic heterocycles. The normalized spacial score (nSPS) is 14.9. The Morgan fingerprint density at radius 2 is 1.87 bits per heavy atom. The zero-order chi connectivity index (χ0) is 22.1. The highest BCUT2D eigenvalue weighted by atomic mass is 19.1. The minimum absolute atomic E-state index is 0.0680. The van der Waals surface area contributed by atoms with Gasteiger partial charge in [-0.05, 0) is 70.0 Å². The number of nitrogens with zero attached hydrogens (tertiary/aromatic N) is 5. The summed E-state index contributed by atoms with van der Waals surface area (Å²) >= 11 is 0. The van der Waals surface area contributed by atoms with Gasteiger partial charge in [0, 0.05) is 6.20 Å². The van der Waals surface area contributed by atoms with Gasteiger partial charge in [-0.2, -0.15) is 0 Å². The van der Waals surface area contributed by atoms with E-state index < -0.39 is 17.4 Å². The van der Waals surface area contributed by atoms with Crippen molar-refractivity contribution >= 4 is 11.6 Å². The molecule has 3 aromatic rings. The van der Waals surface area contributed by atoms with Crippen molar-refractivity contribution in [2.45, 2.75) is 58.5 Å². The van der Waals surface area contributed by atoms with Crippen LogP contribution in [0.4, 0.5) is 16.0 Å². The second-order valence-corrected chi connectivity index (χ2v) is 8.26.